The first kappa shape index (κ1) is 16.1. The minimum atomic E-state index is 0.242. The van der Waals surface area contributed by atoms with E-state index in [4.69, 9.17) is 4.74 Å². The molecule has 1 aromatic rings. The van der Waals surface area contributed by atoms with Gasteiger partial charge in [0.15, 0.2) is 0 Å². The summed E-state index contributed by atoms with van der Waals surface area (Å²) in [6.07, 6.45) is 5.04. The summed E-state index contributed by atoms with van der Waals surface area (Å²) in [6.45, 7) is 3.88. The Bertz CT molecular complexity index is 504. The fraction of sp³-hybridized carbons (Fsp3) is 0.611. The van der Waals surface area contributed by atoms with Crippen molar-refractivity contribution < 1.29 is 9.53 Å². The van der Waals surface area contributed by atoms with E-state index in [-0.39, 0.29) is 5.91 Å². The van der Waals surface area contributed by atoms with Gasteiger partial charge in [0.05, 0.1) is 13.7 Å². The van der Waals surface area contributed by atoms with Crippen LogP contribution >= 0.6 is 0 Å². The standard InChI is InChI=1S/C18H27N3O2/c1-23-17-8-6-16(7-9-17)20-10-12-21(13-11-20)18(22)14-19-15-4-2-3-5-15/h6-9,15,19H,2-5,10-14H2,1H3. The highest BCUT2D eigenvalue weighted by Gasteiger charge is 2.22. The second-order valence-corrected chi connectivity index (χ2v) is 6.43. The predicted octanol–water partition coefficient (Wildman–Crippen LogP) is 1.88. The number of hydrogen-bond donors (Lipinski definition) is 1. The lowest BCUT2D eigenvalue weighted by atomic mass is 10.2. The topological polar surface area (TPSA) is 44.8 Å². The molecule has 2 aliphatic rings. The van der Waals surface area contributed by atoms with Crippen LogP contribution in [-0.4, -0.2) is 56.7 Å². The molecule has 126 valence electrons. The Hall–Kier alpha value is -1.75. The van der Waals surface area contributed by atoms with E-state index in [2.05, 4.69) is 22.3 Å². The lowest BCUT2D eigenvalue weighted by Gasteiger charge is -2.36. The van der Waals surface area contributed by atoms with Crippen molar-refractivity contribution in [2.45, 2.75) is 31.7 Å². The molecule has 2 fully saturated rings. The molecular formula is C18H27N3O2. The molecule has 0 bridgehead atoms. The molecule has 3 rings (SSSR count). The second-order valence-electron chi connectivity index (χ2n) is 6.43. The van der Waals surface area contributed by atoms with E-state index in [1.807, 2.05) is 17.0 Å². The molecule has 1 saturated carbocycles. The molecule has 0 aromatic heterocycles. The van der Waals surface area contributed by atoms with Gasteiger partial charge in [0.25, 0.3) is 0 Å². The summed E-state index contributed by atoms with van der Waals surface area (Å²) in [6, 6.07) is 8.69. The minimum Gasteiger partial charge on any atom is -0.497 e. The summed E-state index contributed by atoms with van der Waals surface area (Å²) in [5, 5.41) is 3.42. The molecule has 0 atom stereocenters. The molecule has 0 radical (unpaired) electrons. The zero-order chi connectivity index (χ0) is 16.1. The number of carbonyl (C=O) groups is 1. The van der Waals surface area contributed by atoms with E-state index >= 15 is 0 Å². The molecule has 1 aliphatic heterocycles. The van der Waals surface area contributed by atoms with Gasteiger partial charge in [-0.2, -0.15) is 0 Å². The average molecular weight is 317 g/mol. The van der Waals surface area contributed by atoms with Crippen molar-refractivity contribution in [3.05, 3.63) is 24.3 Å². The molecule has 1 amide bonds. The van der Waals surface area contributed by atoms with Gasteiger partial charge in [0.1, 0.15) is 5.75 Å². The first-order valence-corrected chi connectivity index (χ1v) is 8.66. The summed E-state index contributed by atoms with van der Waals surface area (Å²) < 4.78 is 5.20. The number of carbonyl (C=O) groups excluding carboxylic acids is 1. The van der Waals surface area contributed by atoms with Gasteiger partial charge < -0.3 is 19.9 Å². The van der Waals surface area contributed by atoms with Crippen LogP contribution in [0.25, 0.3) is 0 Å². The quantitative estimate of drug-likeness (QED) is 0.900. The lowest BCUT2D eigenvalue weighted by molar-refractivity contribution is -0.130. The number of ether oxygens (including phenoxy) is 1. The number of nitrogens with zero attached hydrogens (tertiary/aromatic N) is 2. The highest BCUT2D eigenvalue weighted by atomic mass is 16.5. The van der Waals surface area contributed by atoms with E-state index in [0.29, 0.717) is 12.6 Å². The second kappa shape index (κ2) is 7.68. The monoisotopic (exact) mass is 317 g/mol. The third kappa shape index (κ3) is 4.16. The lowest BCUT2D eigenvalue weighted by Crippen LogP contribution is -2.51. The maximum atomic E-state index is 12.3. The third-order valence-corrected chi connectivity index (χ3v) is 4.97. The van der Waals surface area contributed by atoms with Crippen LogP contribution in [0.4, 0.5) is 5.69 Å². The number of benzene rings is 1. The van der Waals surface area contributed by atoms with Gasteiger partial charge in [-0.05, 0) is 37.1 Å². The van der Waals surface area contributed by atoms with Crippen LogP contribution in [0.3, 0.4) is 0 Å². The summed E-state index contributed by atoms with van der Waals surface area (Å²) in [7, 11) is 1.68. The molecule has 1 saturated heterocycles. The maximum absolute atomic E-state index is 12.3. The Morgan fingerprint density at radius 3 is 2.39 bits per heavy atom. The van der Waals surface area contributed by atoms with E-state index in [9.17, 15) is 4.79 Å². The van der Waals surface area contributed by atoms with Crippen molar-refractivity contribution in [3.8, 4) is 5.75 Å². The first-order chi connectivity index (χ1) is 11.3. The van der Waals surface area contributed by atoms with Crippen molar-refractivity contribution in [3.63, 3.8) is 0 Å². The molecule has 23 heavy (non-hydrogen) atoms. The fourth-order valence-electron chi connectivity index (χ4n) is 3.48. The molecule has 0 spiro atoms. The average Bonchev–Trinajstić information content (AvgIpc) is 3.13. The van der Waals surface area contributed by atoms with Gasteiger partial charge in [-0.25, -0.2) is 0 Å². The van der Waals surface area contributed by atoms with Crippen LogP contribution in [0.1, 0.15) is 25.7 Å². The van der Waals surface area contributed by atoms with Gasteiger partial charge in [0, 0.05) is 37.9 Å². The maximum Gasteiger partial charge on any atom is 0.236 e. The number of nitrogens with one attached hydrogen (secondary N) is 1. The molecule has 5 nitrogen and oxygen atoms in total. The van der Waals surface area contributed by atoms with Crippen molar-refractivity contribution in [1.29, 1.82) is 0 Å². The third-order valence-electron chi connectivity index (χ3n) is 4.97. The van der Waals surface area contributed by atoms with Crippen LogP contribution in [0.5, 0.6) is 5.75 Å². The van der Waals surface area contributed by atoms with Crippen LogP contribution in [0.2, 0.25) is 0 Å². The van der Waals surface area contributed by atoms with Crippen LogP contribution in [-0.2, 0) is 4.79 Å². The van der Waals surface area contributed by atoms with Crippen molar-refractivity contribution in [2.24, 2.45) is 0 Å². The molecule has 0 unspecified atom stereocenters. The predicted molar refractivity (Wildman–Crippen MR) is 92.0 cm³/mol. The van der Waals surface area contributed by atoms with Crippen LogP contribution in [0, 0.1) is 0 Å². The minimum absolute atomic E-state index is 0.242. The number of anilines is 1. The molecule has 5 heteroatoms. The van der Waals surface area contributed by atoms with E-state index in [0.717, 1.165) is 31.9 Å². The highest BCUT2D eigenvalue weighted by Crippen LogP contribution is 2.21. The number of amides is 1. The Kier molecular flexibility index (Phi) is 5.39. The van der Waals surface area contributed by atoms with Gasteiger partial charge in [0.2, 0.25) is 5.91 Å². The van der Waals surface area contributed by atoms with Gasteiger partial charge in [-0.15, -0.1) is 0 Å². The highest BCUT2D eigenvalue weighted by molar-refractivity contribution is 5.78. The number of hydrogen-bond acceptors (Lipinski definition) is 4. The Morgan fingerprint density at radius 1 is 1.13 bits per heavy atom. The molecule has 1 heterocycles. The van der Waals surface area contributed by atoms with E-state index in [1.54, 1.807) is 7.11 Å². The Balaban J connectivity index is 1.44. The summed E-state index contributed by atoms with van der Waals surface area (Å²) >= 11 is 0. The van der Waals surface area contributed by atoms with Crippen LogP contribution < -0.4 is 15.0 Å². The molecule has 1 aromatic carbocycles. The smallest absolute Gasteiger partial charge is 0.236 e. The van der Waals surface area contributed by atoms with Crippen molar-refractivity contribution in [2.75, 3.05) is 44.7 Å². The van der Waals surface area contributed by atoms with Crippen molar-refractivity contribution >= 4 is 11.6 Å². The summed E-state index contributed by atoms with van der Waals surface area (Å²) in [4.78, 5) is 16.6. The molecule has 1 N–H and O–H groups in total. The number of rotatable bonds is 5. The van der Waals surface area contributed by atoms with Gasteiger partial charge in [-0.3, -0.25) is 4.79 Å². The van der Waals surface area contributed by atoms with E-state index < -0.39 is 0 Å². The zero-order valence-corrected chi connectivity index (χ0v) is 14.0. The van der Waals surface area contributed by atoms with Gasteiger partial charge >= 0.3 is 0 Å². The van der Waals surface area contributed by atoms with Crippen LogP contribution in [0.15, 0.2) is 24.3 Å². The normalized spacial score (nSPS) is 19.2. The first-order valence-electron chi connectivity index (χ1n) is 8.66. The summed E-state index contributed by atoms with van der Waals surface area (Å²) in [5.74, 6) is 1.12. The molecule has 1 aliphatic carbocycles. The number of methoxy groups -OCH3 is 1. The SMILES string of the molecule is COc1ccc(N2CCN(C(=O)CNC3CCCC3)CC2)cc1. The fourth-order valence-corrected chi connectivity index (χ4v) is 3.48. The van der Waals surface area contributed by atoms with Crippen molar-refractivity contribution in [1.82, 2.24) is 10.2 Å². The van der Waals surface area contributed by atoms with Gasteiger partial charge in [-0.1, -0.05) is 12.8 Å². The van der Waals surface area contributed by atoms with E-state index in [1.165, 1.54) is 31.4 Å². The Labute approximate surface area is 138 Å². The zero-order valence-electron chi connectivity index (χ0n) is 14.0. The summed E-state index contributed by atoms with van der Waals surface area (Å²) in [5.41, 5.74) is 1.20. The largest absolute Gasteiger partial charge is 0.497 e. The molecular weight excluding hydrogens is 290 g/mol. The Morgan fingerprint density at radius 2 is 1.78 bits per heavy atom. The number of piperazine rings is 1.